The molecular formula is C18H17N3O3S3. The zero-order valence-electron chi connectivity index (χ0n) is 14.4. The minimum Gasteiger partial charge on any atom is -0.322 e. The highest BCUT2D eigenvalue weighted by atomic mass is 32.2. The van der Waals surface area contributed by atoms with E-state index in [1.54, 1.807) is 58.9 Å². The fourth-order valence-electron chi connectivity index (χ4n) is 2.27. The second kappa shape index (κ2) is 8.55. The molecule has 0 atom stereocenters. The maximum atomic E-state index is 12.7. The highest BCUT2D eigenvalue weighted by Crippen LogP contribution is 2.27. The van der Waals surface area contributed by atoms with Gasteiger partial charge in [0.15, 0.2) is 0 Å². The number of nitrogens with one attached hydrogen (secondary N) is 2. The summed E-state index contributed by atoms with van der Waals surface area (Å²) in [6.07, 6.45) is 1.09. The molecule has 0 aliphatic rings. The largest absolute Gasteiger partial charge is 0.322 e. The van der Waals surface area contributed by atoms with Gasteiger partial charge in [-0.2, -0.15) is 0 Å². The monoisotopic (exact) mass is 419 g/mol. The van der Waals surface area contributed by atoms with E-state index < -0.39 is 10.0 Å². The number of amides is 1. The SMILES string of the molecule is CS(=O)(=O)Nc1ccc(NC(=O)c2ccccc2SCc2cscn2)cc1. The fraction of sp³-hybridized carbons (Fsp3) is 0.111. The summed E-state index contributed by atoms with van der Waals surface area (Å²) in [5, 5.41) is 4.83. The quantitative estimate of drug-likeness (QED) is 0.564. The van der Waals surface area contributed by atoms with E-state index in [1.807, 2.05) is 23.6 Å². The van der Waals surface area contributed by atoms with Crippen molar-refractivity contribution in [1.29, 1.82) is 0 Å². The Kier molecular flexibility index (Phi) is 6.15. The number of hydrogen-bond donors (Lipinski definition) is 2. The van der Waals surface area contributed by atoms with Crippen LogP contribution in [0.5, 0.6) is 0 Å². The lowest BCUT2D eigenvalue weighted by Crippen LogP contribution is -2.13. The number of thiazole rings is 1. The van der Waals surface area contributed by atoms with Crippen molar-refractivity contribution in [3.8, 4) is 0 Å². The molecule has 0 bridgehead atoms. The van der Waals surface area contributed by atoms with Gasteiger partial charge < -0.3 is 5.32 Å². The van der Waals surface area contributed by atoms with Crippen LogP contribution in [0, 0.1) is 0 Å². The molecule has 2 aromatic carbocycles. The first-order valence-corrected chi connectivity index (χ1v) is 11.7. The summed E-state index contributed by atoms with van der Waals surface area (Å²) >= 11 is 3.10. The first-order valence-electron chi connectivity index (χ1n) is 7.89. The van der Waals surface area contributed by atoms with E-state index in [0.717, 1.165) is 16.8 Å². The van der Waals surface area contributed by atoms with Gasteiger partial charge >= 0.3 is 0 Å². The van der Waals surface area contributed by atoms with E-state index in [0.29, 0.717) is 22.7 Å². The number of nitrogens with zero attached hydrogens (tertiary/aromatic N) is 1. The molecule has 140 valence electrons. The molecule has 0 unspecified atom stereocenters. The molecule has 0 aliphatic heterocycles. The number of benzene rings is 2. The molecule has 2 N–H and O–H groups in total. The average molecular weight is 420 g/mol. The van der Waals surface area contributed by atoms with Crippen LogP contribution >= 0.6 is 23.1 Å². The van der Waals surface area contributed by atoms with Crippen molar-refractivity contribution < 1.29 is 13.2 Å². The van der Waals surface area contributed by atoms with Crippen LogP contribution in [0.1, 0.15) is 16.1 Å². The summed E-state index contributed by atoms with van der Waals surface area (Å²) in [6.45, 7) is 0. The normalized spacial score (nSPS) is 11.1. The van der Waals surface area contributed by atoms with Gasteiger partial charge in [-0.05, 0) is 36.4 Å². The topological polar surface area (TPSA) is 88.2 Å². The zero-order valence-corrected chi connectivity index (χ0v) is 16.8. The molecule has 0 saturated carbocycles. The van der Waals surface area contributed by atoms with E-state index in [-0.39, 0.29) is 5.91 Å². The molecule has 3 rings (SSSR count). The first kappa shape index (κ1) is 19.4. The van der Waals surface area contributed by atoms with Crippen LogP contribution in [0.4, 0.5) is 11.4 Å². The lowest BCUT2D eigenvalue weighted by atomic mass is 10.2. The minimum atomic E-state index is -3.33. The summed E-state index contributed by atoms with van der Waals surface area (Å²) in [4.78, 5) is 17.8. The number of aromatic nitrogens is 1. The Morgan fingerprint density at radius 3 is 2.48 bits per heavy atom. The van der Waals surface area contributed by atoms with Crippen LogP contribution in [0.25, 0.3) is 0 Å². The Balaban J connectivity index is 1.69. The van der Waals surface area contributed by atoms with Crippen molar-refractivity contribution in [1.82, 2.24) is 4.98 Å². The van der Waals surface area contributed by atoms with E-state index in [1.165, 1.54) is 0 Å². The molecule has 0 saturated heterocycles. The van der Waals surface area contributed by atoms with Gasteiger partial charge in [0.05, 0.1) is 23.0 Å². The molecule has 0 aliphatic carbocycles. The summed E-state index contributed by atoms with van der Waals surface area (Å²) in [6, 6.07) is 13.9. The molecule has 0 radical (unpaired) electrons. The highest BCUT2D eigenvalue weighted by Gasteiger charge is 2.12. The van der Waals surface area contributed by atoms with E-state index >= 15 is 0 Å². The lowest BCUT2D eigenvalue weighted by Gasteiger charge is -2.10. The number of anilines is 2. The second-order valence-electron chi connectivity index (χ2n) is 5.67. The third-order valence-electron chi connectivity index (χ3n) is 3.44. The van der Waals surface area contributed by atoms with Crippen molar-refractivity contribution in [2.45, 2.75) is 10.6 Å². The van der Waals surface area contributed by atoms with E-state index in [4.69, 9.17) is 0 Å². The summed E-state index contributed by atoms with van der Waals surface area (Å²) in [7, 11) is -3.33. The van der Waals surface area contributed by atoms with Gasteiger partial charge in [-0.3, -0.25) is 9.52 Å². The molecule has 6 nitrogen and oxygen atoms in total. The summed E-state index contributed by atoms with van der Waals surface area (Å²) < 4.78 is 24.9. The van der Waals surface area contributed by atoms with Crippen LogP contribution in [0.2, 0.25) is 0 Å². The minimum absolute atomic E-state index is 0.222. The first-order chi connectivity index (χ1) is 12.9. The van der Waals surface area contributed by atoms with Gasteiger partial charge in [0, 0.05) is 27.4 Å². The molecule has 1 aromatic heterocycles. The van der Waals surface area contributed by atoms with Gasteiger partial charge in [0.1, 0.15) is 0 Å². The lowest BCUT2D eigenvalue weighted by molar-refractivity contribution is 0.102. The van der Waals surface area contributed by atoms with Crippen LogP contribution in [0.15, 0.2) is 64.3 Å². The van der Waals surface area contributed by atoms with Crippen LogP contribution in [-0.2, 0) is 15.8 Å². The summed E-state index contributed by atoms with van der Waals surface area (Å²) in [5.41, 5.74) is 4.37. The van der Waals surface area contributed by atoms with Gasteiger partial charge in [-0.1, -0.05) is 12.1 Å². The van der Waals surface area contributed by atoms with Crippen molar-refractivity contribution >= 4 is 50.4 Å². The number of rotatable bonds is 7. The average Bonchev–Trinajstić information content (AvgIpc) is 3.14. The maximum absolute atomic E-state index is 12.7. The van der Waals surface area contributed by atoms with Crippen molar-refractivity contribution in [3.63, 3.8) is 0 Å². The molecule has 0 spiro atoms. The van der Waals surface area contributed by atoms with Gasteiger partial charge in [-0.15, -0.1) is 23.1 Å². The van der Waals surface area contributed by atoms with E-state index in [9.17, 15) is 13.2 Å². The Labute approximate surface area is 166 Å². The number of carbonyl (C=O) groups is 1. The predicted octanol–water partition coefficient (Wildman–Crippen LogP) is 4.06. The van der Waals surface area contributed by atoms with Crippen molar-refractivity contribution in [2.75, 3.05) is 16.3 Å². The van der Waals surface area contributed by atoms with Crippen LogP contribution in [-0.4, -0.2) is 25.6 Å². The Morgan fingerprint density at radius 2 is 1.81 bits per heavy atom. The summed E-state index contributed by atoms with van der Waals surface area (Å²) in [5.74, 6) is 0.472. The second-order valence-corrected chi connectivity index (χ2v) is 9.15. The van der Waals surface area contributed by atoms with Crippen LogP contribution in [0.3, 0.4) is 0 Å². The molecule has 27 heavy (non-hydrogen) atoms. The number of carbonyl (C=O) groups excluding carboxylic acids is 1. The Bertz CT molecular complexity index is 1020. The highest BCUT2D eigenvalue weighted by molar-refractivity contribution is 7.98. The maximum Gasteiger partial charge on any atom is 0.256 e. The number of thioether (sulfide) groups is 1. The zero-order chi connectivity index (χ0) is 19.3. The van der Waals surface area contributed by atoms with Crippen molar-refractivity contribution in [2.24, 2.45) is 0 Å². The number of sulfonamides is 1. The standard InChI is InChI=1S/C18H17N3O3S3/c1-27(23,24)21-14-8-6-13(7-9-14)20-18(22)16-4-2-3-5-17(16)26-11-15-10-25-12-19-15/h2-10,12,21H,11H2,1H3,(H,20,22). The number of hydrogen-bond acceptors (Lipinski definition) is 6. The molecule has 1 amide bonds. The molecular weight excluding hydrogens is 402 g/mol. The Hall–Kier alpha value is -2.36. The smallest absolute Gasteiger partial charge is 0.256 e. The molecule has 0 fully saturated rings. The van der Waals surface area contributed by atoms with Crippen molar-refractivity contribution in [3.05, 3.63) is 70.7 Å². The third kappa shape index (κ3) is 5.81. The molecule has 3 aromatic rings. The van der Waals surface area contributed by atoms with E-state index in [2.05, 4.69) is 15.0 Å². The fourth-order valence-corrected chi connectivity index (χ4v) is 4.46. The molecule has 9 heteroatoms. The van der Waals surface area contributed by atoms with Gasteiger partial charge in [-0.25, -0.2) is 13.4 Å². The third-order valence-corrected chi connectivity index (χ3v) is 5.79. The predicted molar refractivity (Wildman–Crippen MR) is 111 cm³/mol. The Morgan fingerprint density at radius 1 is 1.11 bits per heavy atom. The van der Waals surface area contributed by atoms with Gasteiger partial charge in [0.25, 0.3) is 5.91 Å². The van der Waals surface area contributed by atoms with Gasteiger partial charge in [0.2, 0.25) is 10.0 Å². The van der Waals surface area contributed by atoms with Crippen LogP contribution < -0.4 is 10.0 Å². The molecule has 1 heterocycles.